The van der Waals surface area contributed by atoms with Gasteiger partial charge in [-0.25, -0.2) is 17.4 Å². The van der Waals surface area contributed by atoms with Gasteiger partial charge in [0.15, 0.2) is 5.65 Å². The molecule has 0 radical (unpaired) electrons. The van der Waals surface area contributed by atoms with Crippen molar-refractivity contribution in [3.05, 3.63) is 51.9 Å². The van der Waals surface area contributed by atoms with E-state index in [9.17, 15) is 8.42 Å². The first-order chi connectivity index (χ1) is 12.5. The van der Waals surface area contributed by atoms with Gasteiger partial charge in [-0.15, -0.1) is 0 Å². The second-order valence-electron chi connectivity index (χ2n) is 6.26. The van der Waals surface area contributed by atoms with E-state index >= 15 is 0 Å². The number of anilines is 1. The van der Waals surface area contributed by atoms with Crippen molar-refractivity contribution >= 4 is 49.3 Å². The summed E-state index contributed by atoms with van der Waals surface area (Å²) >= 11 is 2.16. The minimum absolute atomic E-state index is 0.260. The Morgan fingerprint density at radius 3 is 2.54 bits per heavy atom. The van der Waals surface area contributed by atoms with Crippen molar-refractivity contribution < 1.29 is 13.2 Å². The van der Waals surface area contributed by atoms with Crippen molar-refractivity contribution in [2.45, 2.75) is 11.8 Å². The summed E-state index contributed by atoms with van der Waals surface area (Å²) in [5.74, 6) is 0. The van der Waals surface area contributed by atoms with Crippen molar-refractivity contribution in [2.75, 3.05) is 31.2 Å². The summed E-state index contributed by atoms with van der Waals surface area (Å²) < 4.78 is 33.6. The molecule has 3 heterocycles. The van der Waals surface area contributed by atoms with Crippen molar-refractivity contribution in [2.24, 2.45) is 0 Å². The van der Waals surface area contributed by atoms with Crippen LogP contribution in [0.4, 0.5) is 5.69 Å². The highest BCUT2D eigenvalue weighted by molar-refractivity contribution is 14.1. The van der Waals surface area contributed by atoms with Gasteiger partial charge in [0.25, 0.3) is 10.0 Å². The molecule has 1 fully saturated rings. The van der Waals surface area contributed by atoms with Crippen LogP contribution in [0, 0.1) is 10.5 Å². The first kappa shape index (κ1) is 17.7. The molecule has 0 amide bonds. The number of pyridine rings is 1. The monoisotopic (exact) mass is 483 g/mol. The number of fused-ring (bicyclic) bond motifs is 1. The zero-order valence-corrected chi connectivity index (χ0v) is 17.2. The molecule has 3 aromatic rings. The topological polar surface area (TPSA) is 64.4 Å². The molecule has 0 aliphatic carbocycles. The van der Waals surface area contributed by atoms with E-state index in [1.54, 1.807) is 36.7 Å². The molecule has 0 saturated carbocycles. The number of morpholine rings is 1. The second-order valence-corrected chi connectivity index (χ2v) is 9.23. The van der Waals surface area contributed by atoms with Crippen LogP contribution < -0.4 is 4.90 Å². The molecule has 0 N–H and O–H groups in total. The average molecular weight is 483 g/mol. The molecular formula is C18H18IN3O3S. The fourth-order valence-corrected chi connectivity index (χ4v) is 5.22. The van der Waals surface area contributed by atoms with E-state index in [4.69, 9.17) is 4.74 Å². The summed E-state index contributed by atoms with van der Waals surface area (Å²) in [5, 5.41) is 0.838. The van der Waals surface area contributed by atoms with Gasteiger partial charge in [-0.3, -0.25) is 0 Å². The summed E-state index contributed by atoms with van der Waals surface area (Å²) in [6.07, 6.45) is 3.38. The van der Waals surface area contributed by atoms with E-state index in [-0.39, 0.29) is 4.90 Å². The second kappa shape index (κ2) is 6.82. The Morgan fingerprint density at radius 2 is 1.85 bits per heavy atom. The summed E-state index contributed by atoms with van der Waals surface area (Å²) in [7, 11) is -3.68. The van der Waals surface area contributed by atoms with E-state index in [0.29, 0.717) is 18.9 Å². The Balaban J connectivity index is 1.80. The van der Waals surface area contributed by atoms with Gasteiger partial charge < -0.3 is 9.64 Å². The number of nitrogens with zero attached hydrogens (tertiary/aromatic N) is 3. The molecule has 0 atom stereocenters. The minimum Gasteiger partial charge on any atom is -0.378 e. The van der Waals surface area contributed by atoms with Gasteiger partial charge in [0, 0.05) is 28.2 Å². The van der Waals surface area contributed by atoms with E-state index in [1.807, 2.05) is 13.0 Å². The van der Waals surface area contributed by atoms with Crippen molar-refractivity contribution in [3.63, 3.8) is 0 Å². The summed E-state index contributed by atoms with van der Waals surface area (Å²) in [6.45, 7) is 4.94. The molecule has 26 heavy (non-hydrogen) atoms. The molecule has 2 aromatic heterocycles. The van der Waals surface area contributed by atoms with Crippen molar-refractivity contribution in [3.8, 4) is 0 Å². The molecule has 6 nitrogen and oxygen atoms in total. The average Bonchev–Trinajstić information content (AvgIpc) is 3.00. The lowest BCUT2D eigenvalue weighted by Gasteiger charge is -2.28. The first-order valence-corrected chi connectivity index (χ1v) is 10.8. The number of halogens is 1. The van der Waals surface area contributed by atoms with Crippen LogP contribution >= 0.6 is 22.6 Å². The highest BCUT2D eigenvalue weighted by Crippen LogP contribution is 2.29. The number of benzene rings is 1. The van der Waals surface area contributed by atoms with Crippen LogP contribution in [-0.4, -0.2) is 43.7 Å². The van der Waals surface area contributed by atoms with Crippen LogP contribution in [0.15, 0.2) is 47.6 Å². The standard InChI is InChI=1S/C18H18IN3O3S/c1-13-2-4-15(5-3-13)26(23,24)22-12-17(19)16-10-14(11-20-18(16)22)21-6-8-25-9-7-21/h2-5,10-12H,6-9H2,1H3. The largest absolute Gasteiger partial charge is 0.378 e. The Labute approximate surface area is 166 Å². The quantitative estimate of drug-likeness (QED) is 0.536. The molecule has 0 unspecified atom stereocenters. The van der Waals surface area contributed by atoms with E-state index in [2.05, 4.69) is 32.5 Å². The molecular weight excluding hydrogens is 465 g/mol. The molecule has 1 saturated heterocycles. The van der Waals surface area contributed by atoms with Crippen LogP contribution in [0.25, 0.3) is 11.0 Å². The Morgan fingerprint density at radius 1 is 1.15 bits per heavy atom. The van der Waals surface area contributed by atoms with Crippen LogP contribution in [0.2, 0.25) is 0 Å². The third-order valence-corrected chi connectivity index (χ3v) is 7.03. The van der Waals surface area contributed by atoms with E-state index in [0.717, 1.165) is 33.3 Å². The predicted molar refractivity (Wildman–Crippen MR) is 109 cm³/mol. The number of aromatic nitrogens is 2. The number of rotatable bonds is 3. The highest BCUT2D eigenvalue weighted by Gasteiger charge is 2.22. The number of hydrogen-bond donors (Lipinski definition) is 0. The Kier molecular flexibility index (Phi) is 4.66. The van der Waals surface area contributed by atoms with Gasteiger partial charge >= 0.3 is 0 Å². The molecule has 1 aromatic carbocycles. The van der Waals surface area contributed by atoms with Gasteiger partial charge in [-0.2, -0.15) is 0 Å². The SMILES string of the molecule is Cc1ccc(S(=O)(=O)n2cc(I)c3cc(N4CCOCC4)cnc32)cc1. The molecule has 4 rings (SSSR count). The maximum absolute atomic E-state index is 13.1. The van der Waals surface area contributed by atoms with Crippen LogP contribution in [-0.2, 0) is 14.8 Å². The fourth-order valence-electron chi connectivity index (χ4n) is 3.03. The van der Waals surface area contributed by atoms with Crippen molar-refractivity contribution in [1.82, 2.24) is 8.96 Å². The summed E-state index contributed by atoms with van der Waals surface area (Å²) in [4.78, 5) is 6.95. The van der Waals surface area contributed by atoms with Gasteiger partial charge in [0.05, 0.1) is 30.0 Å². The normalized spacial score (nSPS) is 15.5. The lowest BCUT2D eigenvalue weighted by molar-refractivity contribution is 0.122. The fraction of sp³-hybridized carbons (Fsp3) is 0.278. The highest BCUT2D eigenvalue weighted by atomic mass is 127. The molecule has 0 spiro atoms. The number of hydrogen-bond acceptors (Lipinski definition) is 5. The maximum Gasteiger partial charge on any atom is 0.269 e. The zero-order chi connectivity index (χ0) is 18.3. The van der Waals surface area contributed by atoms with E-state index in [1.165, 1.54) is 3.97 Å². The summed E-state index contributed by atoms with van der Waals surface area (Å²) in [5.41, 5.74) is 2.46. The van der Waals surface area contributed by atoms with Crippen LogP contribution in [0.3, 0.4) is 0 Å². The first-order valence-electron chi connectivity index (χ1n) is 8.28. The van der Waals surface area contributed by atoms with Gasteiger partial charge in [-0.1, -0.05) is 17.7 Å². The molecule has 8 heteroatoms. The van der Waals surface area contributed by atoms with Crippen LogP contribution in [0.1, 0.15) is 5.56 Å². The smallest absolute Gasteiger partial charge is 0.269 e. The van der Waals surface area contributed by atoms with Gasteiger partial charge in [0.1, 0.15) is 0 Å². The molecule has 1 aliphatic rings. The summed E-state index contributed by atoms with van der Waals surface area (Å²) in [6, 6.07) is 8.87. The van der Waals surface area contributed by atoms with Crippen LogP contribution in [0.5, 0.6) is 0 Å². The molecule has 0 bridgehead atoms. The van der Waals surface area contributed by atoms with Crippen molar-refractivity contribution in [1.29, 1.82) is 0 Å². The van der Waals surface area contributed by atoms with E-state index < -0.39 is 10.0 Å². The Bertz CT molecular complexity index is 1060. The number of aryl methyl sites for hydroxylation is 1. The minimum atomic E-state index is -3.68. The zero-order valence-electron chi connectivity index (χ0n) is 14.2. The number of ether oxygens (including phenoxy) is 1. The Hall–Kier alpha value is -1.65. The molecule has 136 valence electrons. The lowest BCUT2D eigenvalue weighted by Crippen LogP contribution is -2.36. The molecule has 1 aliphatic heterocycles. The van der Waals surface area contributed by atoms with Gasteiger partial charge in [0.2, 0.25) is 0 Å². The van der Waals surface area contributed by atoms with Gasteiger partial charge in [-0.05, 0) is 47.7 Å². The third kappa shape index (κ3) is 3.10. The lowest BCUT2D eigenvalue weighted by atomic mass is 10.2. The third-order valence-electron chi connectivity index (χ3n) is 4.50. The predicted octanol–water partition coefficient (Wildman–Crippen LogP) is 3.02. The maximum atomic E-state index is 13.1.